The Morgan fingerprint density at radius 1 is 1.40 bits per heavy atom. The van der Waals surface area contributed by atoms with Gasteiger partial charge in [-0.05, 0) is 60.8 Å². The Morgan fingerprint density at radius 3 is 2.70 bits per heavy atom. The fourth-order valence-corrected chi connectivity index (χ4v) is 2.56. The van der Waals surface area contributed by atoms with Gasteiger partial charge >= 0.3 is 0 Å². The molecule has 0 fully saturated rings. The van der Waals surface area contributed by atoms with Crippen molar-refractivity contribution in [1.29, 1.82) is 0 Å². The zero-order valence-corrected chi connectivity index (χ0v) is 13.5. The lowest BCUT2D eigenvalue weighted by molar-refractivity contribution is 0.299. The maximum Gasteiger partial charge on any atom is 0.140 e. The fourth-order valence-electron chi connectivity index (χ4n) is 2.02. The first-order valence-corrected chi connectivity index (χ1v) is 7.35. The van der Waals surface area contributed by atoms with E-state index in [1.54, 1.807) is 0 Å². The van der Waals surface area contributed by atoms with Crippen LogP contribution in [0.3, 0.4) is 0 Å². The zero-order chi connectivity index (χ0) is 14.7. The van der Waals surface area contributed by atoms with Crippen molar-refractivity contribution in [3.8, 4) is 5.75 Å². The van der Waals surface area contributed by atoms with E-state index in [1.165, 1.54) is 5.56 Å². The molecule has 0 aliphatic heterocycles. The van der Waals surface area contributed by atoms with Crippen molar-refractivity contribution in [2.45, 2.75) is 39.8 Å². The van der Waals surface area contributed by atoms with Crippen molar-refractivity contribution < 1.29 is 9.26 Å². The van der Waals surface area contributed by atoms with Crippen LogP contribution in [0.4, 0.5) is 0 Å². The Morgan fingerprint density at radius 2 is 2.15 bits per heavy atom. The first-order valence-electron chi connectivity index (χ1n) is 6.56. The number of ether oxygens (including phenoxy) is 1. The molecule has 2 N–H and O–H groups in total. The van der Waals surface area contributed by atoms with E-state index >= 15 is 0 Å². The van der Waals surface area contributed by atoms with E-state index in [9.17, 15) is 0 Å². The molecule has 0 aliphatic carbocycles. The molecule has 1 heterocycles. The van der Waals surface area contributed by atoms with Gasteiger partial charge in [-0.15, -0.1) is 0 Å². The van der Waals surface area contributed by atoms with Gasteiger partial charge in [-0.25, -0.2) is 0 Å². The molecule has 0 saturated carbocycles. The number of aryl methyl sites for hydroxylation is 2. The summed E-state index contributed by atoms with van der Waals surface area (Å²) >= 11 is 3.53. The molecule has 0 saturated heterocycles. The smallest absolute Gasteiger partial charge is 0.140 e. The van der Waals surface area contributed by atoms with Gasteiger partial charge in [-0.3, -0.25) is 0 Å². The molecule has 5 heteroatoms. The van der Waals surface area contributed by atoms with Crippen molar-refractivity contribution >= 4 is 15.9 Å². The molecular formula is C15H19BrN2O2. The maximum absolute atomic E-state index is 5.82. The highest BCUT2D eigenvalue weighted by Gasteiger charge is 2.11. The van der Waals surface area contributed by atoms with E-state index < -0.39 is 0 Å². The SMILES string of the molecule is Cc1noc(C)c1COc1ccc(CC(C)N)cc1Br. The number of nitrogens with two attached hydrogens (primary N) is 1. The zero-order valence-electron chi connectivity index (χ0n) is 11.9. The summed E-state index contributed by atoms with van der Waals surface area (Å²) in [6, 6.07) is 6.19. The van der Waals surface area contributed by atoms with Crippen LogP contribution >= 0.6 is 15.9 Å². The van der Waals surface area contributed by atoms with Crippen LogP contribution in [0, 0.1) is 13.8 Å². The molecule has 4 nitrogen and oxygen atoms in total. The summed E-state index contributed by atoms with van der Waals surface area (Å²) in [5.74, 6) is 1.60. The first-order chi connectivity index (χ1) is 9.47. The average Bonchev–Trinajstić information content (AvgIpc) is 2.68. The van der Waals surface area contributed by atoms with Gasteiger partial charge in [-0.1, -0.05) is 11.2 Å². The van der Waals surface area contributed by atoms with Crippen LogP contribution in [0.25, 0.3) is 0 Å². The van der Waals surface area contributed by atoms with Crippen molar-refractivity contribution in [2.24, 2.45) is 5.73 Å². The summed E-state index contributed by atoms with van der Waals surface area (Å²) in [4.78, 5) is 0. The third kappa shape index (κ3) is 3.61. The van der Waals surface area contributed by atoms with Crippen LogP contribution in [0.2, 0.25) is 0 Å². The second-order valence-electron chi connectivity index (χ2n) is 5.04. The Balaban J connectivity index is 2.07. The van der Waals surface area contributed by atoms with E-state index in [4.69, 9.17) is 15.0 Å². The molecule has 0 aliphatic rings. The van der Waals surface area contributed by atoms with Gasteiger partial charge in [0.25, 0.3) is 0 Å². The molecule has 0 amide bonds. The van der Waals surface area contributed by atoms with Gasteiger partial charge in [0.05, 0.1) is 15.7 Å². The number of hydrogen-bond acceptors (Lipinski definition) is 4. The predicted molar refractivity (Wildman–Crippen MR) is 81.8 cm³/mol. The minimum Gasteiger partial charge on any atom is -0.488 e. The number of halogens is 1. The van der Waals surface area contributed by atoms with E-state index in [1.807, 2.05) is 39.0 Å². The van der Waals surface area contributed by atoms with Crippen LogP contribution in [0.5, 0.6) is 5.75 Å². The lowest BCUT2D eigenvalue weighted by Gasteiger charge is -2.11. The largest absolute Gasteiger partial charge is 0.488 e. The lowest BCUT2D eigenvalue weighted by atomic mass is 10.1. The second-order valence-corrected chi connectivity index (χ2v) is 5.89. The molecule has 1 aromatic carbocycles. The average molecular weight is 339 g/mol. The Hall–Kier alpha value is -1.33. The Kier molecular flexibility index (Phi) is 4.83. The third-order valence-corrected chi connectivity index (χ3v) is 3.73. The van der Waals surface area contributed by atoms with Crippen LogP contribution in [-0.4, -0.2) is 11.2 Å². The fraction of sp³-hybridized carbons (Fsp3) is 0.400. The van der Waals surface area contributed by atoms with Crippen molar-refractivity contribution in [1.82, 2.24) is 5.16 Å². The van der Waals surface area contributed by atoms with Gasteiger partial charge in [-0.2, -0.15) is 0 Å². The second kappa shape index (κ2) is 6.41. The van der Waals surface area contributed by atoms with Crippen LogP contribution in [0.1, 0.15) is 29.5 Å². The predicted octanol–water partition coefficient (Wildman–Crippen LogP) is 3.52. The maximum atomic E-state index is 5.82. The van der Waals surface area contributed by atoms with Gasteiger partial charge in [0.2, 0.25) is 0 Å². The lowest BCUT2D eigenvalue weighted by Crippen LogP contribution is -2.17. The molecule has 20 heavy (non-hydrogen) atoms. The van der Waals surface area contributed by atoms with Gasteiger partial charge in [0.1, 0.15) is 18.1 Å². The minimum absolute atomic E-state index is 0.149. The molecule has 0 spiro atoms. The molecule has 1 unspecified atom stereocenters. The number of nitrogens with zero attached hydrogens (tertiary/aromatic N) is 1. The van der Waals surface area contributed by atoms with E-state index in [0.717, 1.165) is 33.7 Å². The van der Waals surface area contributed by atoms with Crippen LogP contribution < -0.4 is 10.5 Å². The van der Waals surface area contributed by atoms with E-state index in [0.29, 0.717) is 6.61 Å². The quantitative estimate of drug-likeness (QED) is 0.905. The summed E-state index contributed by atoms with van der Waals surface area (Å²) < 4.78 is 11.9. The minimum atomic E-state index is 0.149. The molecule has 2 rings (SSSR count). The summed E-state index contributed by atoms with van der Waals surface area (Å²) in [5, 5.41) is 3.92. The van der Waals surface area contributed by atoms with Gasteiger partial charge in [0, 0.05) is 6.04 Å². The Labute approximate surface area is 127 Å². The van der Waals surface area contributed by atoms with Crippen LogP contribution in [0.15, 0.2) is 27.2 Å². The topological polar surface area (TPSA) is 61.3 Å². The highest BCUT2D eigenvalue weighted by Crippen LogP contribution is 2.28. The Bertz CT molecular complexity index is 574. The highest BCUT2D eigenvalue weighted by molar-refractivity contribution is 9.10. The summed E-state index contributed by atoms with van der Waals surface area (Å²) in [5.41, 5.74) is 8.86. The third-order valence-electron chi connectivity index (χ3n) is 3.11. The number of rotatable bonds is 5. The van der Waals surface area contributed by atoms with Crippen molar-refractivity contribution in [3.05, 3.63) is 45.3 Å². The summed E-state index contributed by atoms with van der Waals surface area (Å²) in [7, 11) is 0. The van der Waals surface area contributed by atoms with Crippen LogP contribution in [-0.2, 0) is 13.0 Å². The number of hydrogen-bond donors (Lipinski definition) is 1. The van der Waals surface area contributed by atoms with Gasteiger partial charge < -0.3 is 15.0 Å². The molecule has 108 valence electrons. The van der Waals surface area contributed by atoms with E-state index in [2.05, 4.69) is 21.1 Å². The molecular weight excluding hydrogens is 320 g/mol. The van der Waals surface area contributed by atoms with Crippen molar-refractivity contribution in [3.63, 3.8) is 0 Å². The molecule has 1 atom stereocenters. The molecule has 0 radical (unpaired) electrons. The van der Waals surface area contributed by atoms with Gasteiger partial charge in [0.15, 0.2) is 0 Å². The standard InChI is InChI=1S/C15H19BrN2O2/c1-9(17)6-12-4-5-15(14(16)7-12)19-8-13-10(2)18-20-11(13)3/h4-5,7,9H,6,8,17H2,1-3H3. The van der Waals surface area contributed by atoms with Crippen molar-refractivity contribution in [2.75, 3.05) is 0 Å². The molecule has 1 aromatic heterocycles. The highest BCUT2D eigenvalue weighted by atomic mass is 79.9. The number of aromatic nitrogens is 1. The molecule has 0 bridgehead atoms. The monoisotopic (exact) mass is 338 g/mol. The molecule has 2 aromatic rings. The normalized spacial score (nSPS) is 12.4. The summed E-state index contributed by atoms with van der Waals surface area (Å²) in [6.45, 7) is 6.25. The summed E-state index contributed by atoms with van der Waals surface area (Å²) in [6.07, 6.45) is 0.850. The first kappa shape index (κ1) is 15.1. The number of benzene rings is 1. The van der Waals surface area contributed by atoms with E-state index in [-0.39, 0.29) is 6.04 Å².